The molecule has 0 aromatic heterocycles. The van der Waals surface area contributed by atoms with Gasteiger partial charge in [0.2, 0.25) is 5.91 Å². The van der Waals surface area contributed by atoms with Crippen molar-refractivity contribution >= 4 is 27.3 Å². The lowest BCUT2D eigenvalue weighted by atomic mass is 10.1. The molecule has 1 unspecified atom stereocenters. The van der Waals surface area contributed by atoms with Gasteiger partial charge in [0.1, 0.15) is 0 Å². The molecule has 2 aromatic rings. The minimum absolute atomic E-state index is 0.0319. The number of rotatable bonds is 3. The molecule has 0 spiro atoms. The Balaban J connectivity index is 1.98. The predicted molar refractivity (Wildman–Crippen MR) is 99.5 cm³/mol. The van der Waals surface area contributed by atoms with Gasteiger partial charge in [0.05, 0.1) is 10.6 Å². The summed E-state index contributed by atoms with van der Waals surface area (Å²) in [6.07, 6.45) is 0.654. The van der Waals surface area contributed by atoms with Crippen molar-refractivity contribution in [2.24, 2.45) is 0 Å². The van der Waals surface area contributed by atoms with Gasteiger partial charge in [0, 0.05) is 18.7 Å². The normalized spacial score (nSPS) is 16.6. The zero-order chi connectivity index (χ0) is 18.4. The van der Waals surface area contributed by atoms with Crippen LogP contribution in [0.3, 0.4) is 0 Å². The Morgan fingerprint density at radius 2 is 1.80 bits per heavy atom. The van der Waals surface area contributed by atoms with Gasteiger partial charge in [-0.25, -0.2) is 8.42 Å². The van der Waals surface area contributed by atoms with Crippen molar-refractivity contribution in [3.63, 3.8) is 0 Å². The number of hydrogen-bond acceptors (Lipinski definition) is 3. The van der Waals surface area contributed by atoms with Gasteiger partial charge in [-0.05, 0) is 62.1 Å². The van der Waals surface area contributed by atoms with E-state index in [1.54, 1.807) is 23.1 Å². The van der Waals surface area contributed by atoms with Crippen molar-refractivity contribution in [1.29, 1.82) is 0 Å². The fourth-order valence-corrected chi connectivity index (χ4v) is 4.68. The molecule has 0 saturated carbocycles. The van der Waals surface area contributed by atoms with E-state index < -0.39 is 10.0 Å². The van der Waals surface area contributed by atoms with Crippen LogP contribution in [0.25, 0.3) is 0 Å². The minimum Gasteiger partial charge on any atom is -0.309 e. The first kappa shape index (κ1) is 17.5. The zero-order valence-electron chi connectivity index (χ0n) is 14.8. The first-order chi connectivity index (χ1) is 11.7. The van der Waals surface area contributed by atoms with Crippen molar-refractivity contribution in [2.75, 3.05) is 9.62 Å². The minimum atomic E-state index is -3.69. The van der Waals surface area contributed by atoms with Gasteiger partial charge in [-0.2, -0.15) is 0 Å². The van der Waals surface area contributed by atoms with Gasteiger partial charge in [0.25, 0.3) is 10.0 Å². The van der Waals surface area contributed by atoms with Gasteiger partial charge >= 0.3 is 0 Å². The molecule has 2 aromatic carbocycles. The van der Waals surface area contributed by atoms with E-state index in [1.165, 1.54) is 6.92 Å². The number of fused-ring (bicyclic) bond motifs is 1. The summed E-state index contributed by atoms with van der Waals surface area (Å²) in [5.41, 5.74) is 4.04. The van der Waals surface area contributed by atoms with Gasteiger partial charge < -0.3 is 4.90 Å². The molecule has 1 heterocycles. The number of sulfonamides is 1. The van der Waals surface area contributed by atoms with Crippen LogP contribution >= 0.6 is 0 Å². The number of para-hydroxylation sites is 1. The molecule has 0 aliphatic carbocycles. The SMILES string of the molecule is CC(=O)N1c2ccc(S(=O)(=O)Nc3c(C)cccc3C)cc2CC1C. The fraction of sp³-hybridized carbons (Fsp3) is 0.316. The van der Waals surface area contributed by atoms with E-state index in [0.717, 1.165) is 22.4 Å². The molecule has 0 saturated heterocycles. The summed E-state index contributed by atoms with van der Waals surface area (Å²) < 4.78 is 28.3. The molecule has 1 aliphatic rings. The van der Waals surface area contributed by atoms with Crippen LogP contribution in [0.2, 0.25) is 0 Å². The number of aryl methyl sites for hydroxylation is 2. The number of nitrogens with one attached hydrogen (secondary N) is 1. The molecule has 1 N–H and O–H groups in total. The molecular formula is C19H22N2O3S. The quantitative estimate of drug-likeness (QED) is 0.914. The molecule has 0 fully saturated rings. The molecule has 0 radical (unpaired) electrons. The zero-order valence-corrected chi connectivity index (χ0v) is 15.6. The monoisotopic (exact) mass is 358 g/mol. The number of amides is 1. The molecule has 132 valence electrons. The summed E-state index contributed by atoms with van der Waals surface area (Å²) in [5.74, 6) is -0.0319. The Hall–Kier alpha value is -2.34. The van der Waals surface area contributed by atoms with Gasteiger partial charge in [0.15, 0.2) is 0 Å². The Morgan fingerprint density at radius 3 is 2.40 bits per heavy atom. The average molecular weight is 358 g/mol. The van der Waals surface area contributed by atoms with Crippen LogP contribution < -0.4 is 9.62 Å². The first-order valence-electron chi connectivity index (χ1n) is 8.22. The van der Waals surface area contributed by atoms with Crippen molar-refractivity contribution in [1.82, 2.24) is 0 Å². The molecule has 1 amide bonds. The molecule has 5 nitrogen and oxygen atoms in total. The molecule has 1 aliphatic heterocycles. The number of nitrogens with zero attached hydrogens (tertiary/aromatic N) is 1. The topological polar surface area (TPSA) is 66.5 Å². The summed E-state index contributed by atoms with van der Waals surface area (Å²) in [5, 5.41) is 0. The Morgan fingerprint density at radius 1 is 1.16 bits per heavy atom. The van der Waals surface area contributed by atoms with Crippen LogP contribution in [0.15, 0.2) is 41.3 Å². The van der Waals surface area contributed by atoms with E-state index in [0.29, 0.717) is 12.1 Å². The average Bonchev–Trinajstić information content (AvgIpc) is 2.86. The second kappa shape index (κ2) is 6.19. The van der Waals surface area contributed by atoms with E-state index in [2.05, 4.69) is 4.72 Å². The molecule has 6 heteroatoms. The number of carbonyl (C=O) groups is 1. The highest BCUT2D eigenvalue weighted by Gasteiger charge is 2.30. The molecule has 25 heavy (non-hydrogen) atoms. The van der Waals surface area contributed by atoms with Crippen LogP contribution in [-0.4, -0.2) is 20.4 Å². The first-order valence-corrected chi connectivity index (χ1v) is 9.71. The van der Waals surface area contributed by atoms with E-state index >= 15 is 0 Å². The number of carbonyl (C=O) groups excluding carboxylic acids is 1. The van der Waals surface area contributed by atoms with Crippen LogP contribution in [0.1, 0.15) is 30.5 Å². The highest BCUT2D eigenvalue weighted by atomic mass is 32.2. The summed E-state index contributed by atoms with van der Waals surface area (Å²) in [7, 11) is -3.69. The van der Waals surface area contributed by atoms with Crippen LogP contribution in [0.5, 0.6) is 0 Å². The fourth-order valence-electron chi connectivity index (χ4n) is 3.42. The van der Waals surface area contributed by atoms with Crippen LogP contribution in [-0.2, 0) is 21.2 Å². The molecule has 0 bridgehead atoms. The smallest absolute Gasteiger partial charge is 0.261 e. The molecule has 3 rings (SSSR count). The number of benzene rings is 2. The standard InChI is InChI=1S/C19H22N2O3S/c1-12-6-5-7-13(2)19(12)20-25(23,24)17-8-9-18-16(11-17)10-14(3)21(18)15(4)22/h5-9,11,14,20H,10H2,1-4H3. The van der Waals surface area contributed by atoms with Crippen LogP contribution in [0, 0.1) is 13.8 Å². The summed E-state index contributed by atoms with van der Waals surface area (Å²) in [6, 6.07) is 10.6. The lowest BCUT2D eigenvalue weighted by Gasteiger charge is -2.20. The highest BCUT2D eigenvalue weighted by molar-refractivity contribution is 7.92. The Labute approximate surface area is 148 Å². The molecule has 1 atom stereocenters. The van der Waals surface area contributed by atoms with E-state index in [4.69, 9.17) is 0 Å². The van der Waals surface area contributed by atoms with Crippen molar-refractivity contribution in [3.05, 3.63) is 53.1 Å². The van der Waals surface area contributed by atoms with Crippen molar-refractivity contribution in [2.45, 2.75) is 45.1 Å². The Bertz CT molecular complexity index is 931. The van der Waals surface area contributed by atoms with Crippen molar-refractivity contribution < 1.29 is 13.2 Å². The second-order valence-corrected chi connectivity index (χ2v) is 8.29. The van der Waals surface area contributed by atoms with E-state index in [1.807, 2.05) is 39.0 Å². The van der Waals surface area contributed by atoms with E-state index in [9.17, 15) is 13.2 Å². The van der Waals surface area contributed by atoms with Gasteiger partial charge in [-0.3, -0.25) is 9.52 Å². The number of hydrogen-bond donors (Lipinski definition) is 1. The summed E-state index contributed by atoms with van der Waals surface area (Å²) >= 11 is 0. The third-order valence-electron chi connectivity index (χ3n) is 4.63. The number of anilines is 2. The third kappa shape index (κ3) is 3.14. The lowest BCUT2D eigenvalue weighted by Crippen LogP contribution is -2.33. The molecular weight excluding hydrogens is 336 g/mol. The Kier molecular flexibility index (Phi) is 4.33. The predicted octanol–water partition coefficient (Wildman–Crippen LogP) is 3.40. The largest absolute Gasteiger partial charge is 0.309 e. The second-order valence-electron chi connectivity index (χ2n) is 6.60. The van der Waals surface area contributed by atoms with E-state index in [-0.39, 0.29) is 16.8 Å². The van der Waals surface area contributed by atoms with Gasteiger partial charge in [-0.15, -0.1) is 0 Å². The van der Waals surface area contributed by atoms with Crippen LogP contribution in [0.4, 0.5) is 11.4 Å². The third-order valence-corrected chi connectivity index (χ3v) is 5.98. The maximum atomic E-state index is 12.8. The maximum Gasteiger partial charge on any atom is 0.261 e. The highest BCUT2D eigenvalue weighted by Crippen LogP contribution is 2.34. The van der Waals surface area contributed by atoms with Gasteiger partial charge in [-0.1, -0.05) is 18.2 Å². The maximum absolute atomic E-state index is 12.8. The lowest BCUT2D eigenvalue weighted by molar-refractivity contribution is -0.116. The summed E-state index contributed by atoms with van der Waals surface area (Å²) in [6.45, 7) is 7.24. The van der Waals surface area contributed by atoms with Crippen molar-refractivity contribution in [3.8, 4) is 0 Å². The summed E-state index contributed by atoms with van der Waals surface area (Å²) in [4.78, 5) is 13.7.